The second kappa shape index (κ2) is 6.96. The van der Waals surface area contributed by atoms with Gasteiger partial charge in [-0.05, 0) is 43.7 Å². The lowest BCUT2D eigenvalue weighted by Crippen LogP contribution is -2.37. The summed E-state index contributed by atoms with van der Waals surface area (Å²) in [6, 6.07) is 0. The van der Waals surface area contributed by atoms with Crippen LogP contribution in [0.15, 0.2) is 11.5 Å². The van der Waals surface area contributed by atoms with Gasteiger partial charge in [0, 0.05) is 23.3 Å². The van der Waals surface area contributed by atoms with Crippen molar-refractivity contribution in [2.24, 2.45) is 5.92 Å². The van der Waals surface area contributed by atoms with Crippen LogP contribution in [0.1, 0.15) is 40.6 Å². The minimum atomic E-state index is -0.847. The highest BCUT2D eigenvalue weighted by Crippen LogP contribution is 2.37. The molecule has 0 radical (unpaired) electrons. The number of amides is 1. The Morgan fingerprint density at radius 2 is 2.05 bits per heavy atom. The van der Waals surface area contributed by atoms with E-state index in [2.05, 4.69) is 6.08 Å². The van der Waals surface area contributed by atoms with Gasteiger partial charge in [0.2, 0.25) is 0 Å². The van der Waals surface area contributed by atoms with Gasteiger partial charge in [0.1, 0.15) is 0 Å². The van der Waals surface area contributed by atoms with Crippen molar-refractivity contribution in [3.05, 3.63) is 27.5 Å². The first-order valence-corrected chi connectivity index (χ1v) is 8.18. The summed E-state index contributed by atoms with van der Waals surface area (Å²) in [7, 11) is 1.39. The largest absolute Gasteiger partial charge is 0.465 e. The van der Waals surface area contributed by atoms with Crippen molar-refractivity contribution >= 4 is 29.0 Å². The second-order valence-electron chi connectivity index (χ2n) is 5.38. The molecule has 2 rings (SSSR count). The summed E-state index contributed by atoms with van der Waals surface area (Å²) in [6.45, 7) is 5.06. The third-order valence-corrected chi connectivity index (χ3v) is 5.35. The maximum atomic E-state index is 11.7. The molecule has 0 aliphatic carbocycles. The molecular weight excluding hydrogens is 302 g/mol. The van der Waals surface area contributed by atoms with Crippen LogP contribution in [0.25, 0.3) is 5.57 Å². The normalized spacial score (nSPS) is 16.7. The number of esters is 1. The van der Waals surface area contributed by atoms with E-state index in [4.69, 9.17) is 9.84 Å². The van der Waals surface area contributed by atoms with Crippen LogP contribution < -0.4 is 0 Å². The SMILES string of the molecule is CC=C(c1scc(C(=O)OC)c1C)C1CCN(C(=O)O)CC1. The molecule has 0 saturated carbocycles. The van der Waals surface area contributed by atoms with Gasteiger partial charge in [-0.1, -0.05) is 6.08 Å². The van der Waals surface area contributed by atoms with E-state index < -0.39 is 6.09 Å². The number of piperidine rings is 1. The van der Waals surface area contributed by atoms with E-state index in [9.17, 15) is 9.59 Å². The van der Waals surface area contributed by atoms with Crippen molar-refractivity contribution < 1.29 is 19.4 Å². The number of nitrogens with zero attached hydrogens (tertiary/aromatic N) is 1. The van der Waals surface area contributed by atoms with Crippen LogP contribution in [0, 0.1) is 12.8 Å². The Morgan fingerprint density at radius 1 is 1.41 bits per heavy atom. The number of thiophene rings is 1. The van der Waals surface area contributed by atoms with Gasteiger partial charge in [-0.25, -0.2) is 9.59 Å². The minimum absolute atomic E-state index is 0.309. The quantitative estimate of drug-likeness (QED) is 0.863. The minimum Gasteiger partial charge on any atom is -0.465 e. The Morgan fingerprint density at radius 3 is 2.55 bits per heavy atom. The molecule has 22 heavy (non-hydrogen) atoms. The summed E-state index contributed by atoms with van der Waals surface area (Å²) < 4.78 is 4.81. The Kier molecular flexibility index (Phi) is 5.24. The first kappa shape index (κ1) is 16.5. The van der Waals surface area contributed by atoms with Crippen LogP contribution in [0.2, 0.25) is 0 Å². The molecule has 2 heterocycles. The van der Waals surface area contributed by atoms with Gasteiger partial charge in [0.05, 0.1) is 12.7 Å². The maximum Gasteiger partial charge on any atom is 0.407 e. The molecule has 1 aliphatic rings. The highest BCUT2D eigenvalue weighted by atomic mass is 32.1. The maximum absolute atomic E-state index is 11.7. The zero-order valence-electron chi connectivity index (χ0n) is 13.1. The third kappa shape index (κ3) is 3.16. The van der Waals surface area contributed by atoms with Crippen molar-refractivity contribution in [1.82, 2.24) is 4.90 Å². The third-order valence-electron chi connectivity index (χ3n) is 4.22. The summed E-state index contributed by atoms with van der Waals surface area (Å²) in [5.41, 5.74) is 2.78. The van der Waals surface area contributed by atoms with Crippen LogP contribution in [0.3, 0.4) is 0 Å². The Labute approximate surface area is 134 Å². The number of hydrogen-bond donors (Lipinski definition) is 1. The smallest absolute Gasteiger partial charge is 0.407 e. The molecule has 0 spiro atoms. The van der Waals surface area contributed by atoms with Crippen molar-refractivity contribution in [3.8, 4) is 0 Å². The molecule has 0 atom stereocenters. The fraction of sp³-hybridized carbons (Fsp3) is 0.500. The molecule has 5 nitrogen and oxygen atoms in total. The summed E-state index contributed by atoms with van der Waals surface area (Å²) in [4.78, 5) is 25.3. The van der Waals surface area contributed by atoms with Crippen LogP contribution >= 0.6 is 11.3 Å². The standard InChI is InChI=1S/C16H21NO4S/c1-4-12(11-5-7-17(8-6-11)16(19)20)14-10(2)13(9-22-14)15(18)21-3/h4,9,11H,5-8H2,1-3H3,(H,19,20). The van der Waals surface area contributed by atoms with E-state index in [1.165, 1.54) is 17.6 Å². The van der Waals surface area contributed by atoms with E-state index in [0.29, 0.717) is 24.6 Å². The number of methoxy groups -OCH3 is 1. The molecule has 1 aromatic heterocycles. The number of carboxylic acid groups (broad SMARTS) is 1. The first-order chi connectivity index (χ1) is 10.5. The topological polar surface area (TPSA) is 66.8 Å². The number of carbonyl (C=O) groups is 2. The Bertz CT molecular complexity index is 597. The second-order valence-corrected chi connectivity index (χ2v) is 6.26. The lowest BCUT2D eigenvalue weighted by Gasteiger charge is -2.31. The van der Waals surface area contributed by atoms with Gasteiger partial charge in [-0.2, -0.15) is 0 Å². The van der Waals surface area contributed by atoms with Gasteiger partial charge in [0.25, 0.3) is 0 Å². The summed E-state index contributed by atoms with van der Waals surface area (Å²) in [5.74, 6) is 0.0274. The zero-order valence-corrected chi connectivity index (χ0v) is 13.9. The van der Waals surface area contributed by atoms with Gasteiger partial charge in [-0.15, -0.1) is 11.3 Å². The summed E-state index contributed by atoms with van der Waals surface area (Å²) in [6.07, 6.45) is 2.87. The van der Waals surface area contributed by atoms with Crippen LogP contribution in [0.5, 0.6) is 0 Å². The average Bonchev–Trinajstić information content (AvgIpc) is 2.90. The van der Waals surface area contributed by atoms with Gasteiger partial charge in [0.15, 0.2) is 0 Å². The highest BCUT2D eigenvalue weighted by molar-refractivity contribution is 7.11. The van der Waals surface area contributed by atoms with Crippen molar-refractivity contribution in [2.75, 3.05) is 20.2 Å². The van der Waals surface area contributed by atoms with E-state index in [1.54, 1.807) is 11.3 Å². The fourth-order valence-electron chi connectivity index (χ4n) is 2.95. The van der Waals surface area contributed by atoms with Crippen molar-refractivity contribution in [3.63, 3.8) is 0 Å². The molecule has 1 amide bonds. The first-order valence-electron chi connectivity index (χ1n) is 7.30. The average molecular weight is 323 g/mol. The Hall–Kier alpha value is -1.82. The molecule has 1 aliphatic heterocycles. The Balaban J connectivity index is 2.19. The molecule has 6 heteroatoms. The molecule has 1 fully saturated rings. The zero-order chi connectivity index (χ0) is 16.3. The summed E-state index contributed by atoms with van der Waals surface area (Å²) >= 11 is 1.55. The van der Waals surface area contributed by atoms with Crippen molar-refractivity contribution in [1.29, 1.82) is 0 Å². The number of hydrogen-bond acceptors (Lipinski definition) is 4. The van der Waals surface area contributed by atoms with Crippen molar-refractivity contribution in [2.45, 2.75) is 26.7 Å². The highest BCUT2D eigenvalue weighted by Gasteiger charge is 2.27. The fourth-order valence-corrected chi connectivity index (χ4v) is 4.16. The molecule has 1 N–H and O–H groups in total. The summed E-state index contributed by atoms with van der Waals surface area (Å²) in [5, 5.41) is 10.9. The monoisotopic (exact) mass is 323 g/mol. The van der Waals surface area contributed by atoms with Gasteiger partial charge < -0.3 is 14.7 Å². The predicted octanol–water partition coefficient (Wildman–Crippen LogP) is 3.64. The molecule has 1 saturated heterocycles. The molecule has 0 unspecified atom stereocenters. The number of likely N-dealkylation sites (tertiary alicyclic amines) is 1. The van der Waals surface area contributed by atoms with E-state index in [-0.39, 0.29) is 5.97 Å². The number of ether oxygens (including phenoxy) is 1. The van der Waals surface area contributed by atoms with E-state index in [1.807, 2.05) is 19.2 Å². The van der Waals surface area contributed by atoms with Crippen LogP contribution in [-0.4, -0.2) is 42.3 Å². The van der Waals surface area contributed by atoms with Gasteiger partial charge in [-0.3, -0.25) is 0 Å². The van der Waals surface area contributed by atoms with E-state index in [0.717, 1.165) is 23.3 Å². The molecule has 1 aromatic rings. The molecule has 120 valence electrons. The van der Waals surface area contributed by atoms with Crippen LogP contribution in [0.4, 0.5) is 4.79 Å². The lowest BCUT2D eigenvalue weighted by atomic mass is 9.87. The van der Waals surface area contributed by atoms with Gasteiger partial charge >= 0.3 is 12.1 Å². The molecular formula is C16H21NO4S. The number of carbonyl (C=O) groups excluding carboxylic acids is 1. The van der Waals surface area contributed by atoms with Crippen LogP contribution in [-0.2, 0) is 4.74 Å². The lowest BCUT2D eigenvalue weighted by molar-refractivity contribution is 0.0600. The molecule has 0 bridgehead atoms. The number of rotatable bonds is 3. The van der Waals surface area contributed by atoms with E-state index >= 15 is 0 Å². The number of allylic oxidation sites excluding steroid dienone is 2. The predicted molar refractivity (Wildman–Crippen MR) is 86.4 cm³/mol. The molecule has 0 aromatic carbocycles.